The Balaban J connectivity index is 4.45. The fraction of sp³-hybridized carbons (Fsp3) is 0.692. The van der Waals surface area contributed by atoms with Crippen LogP contribution < -0.4 is 5.32 Å². The van der Waals surface area contributed by atoms with E-state index < -0.39 is 24.0 Å². The number of rotatable bonds is 7. The Bertz CT molecular complexity index is 319. The average Bonchev–Trinajstić information content (AvgIpc) is 2.21. The SMILES string of the molecule is CC(C)=CC[C@@H](NC(=O)[C@H](O)CC(C)C)C(=O)O. The maximum atomic E-state index is 11.6. The molecule has 0 aliphatic rings. The summed E-state index contributed by atoms with van der Waals surface area (Å²) in [6.45, 7) is 7.48. The molecular weight excluding hydrogens is 234 g/mol. The van der Waals surface area contributed by atoms with Crippen LogP contribution >= 0.6 is 0 Å². The molecule has 0 aliphatic heterocycles. The predicted molar refractivity (Wildman–Crippen MR) is 69.1 cm³/mol. The number of carboxylic acids is 1. The molecule has 0 saturated carbocycles. The van der Waals surface area contributed by atoms with E-state index >= 15 is 0 Å². The lowest BCUT2D eigenvalue weighted by molar-refractivity contribution is -0.143. The van der Waals surface area contributed by atoms with Gasteiger partial charge in [0.2, 0.25) is 5.91 Å². The van der Waals surface area contributed by atoms with E-state index in [-0.39, 0.29) is 12.3 Å². The Morgan fingerprint density at radius 2 is 1.83 bits per heavy atom. The summed E-state index contributed by atoms with van der Waals surface area (Å²) in [6, 6.07) is -0.991. The van der Waals surface area contributed by atoms with Gasteiger partial charge in [0, 0.05) is 0 Å². The van der Waals surface area contributed by atoms with E-state index in [1.54, 1.807) is 6.08 Å². The molecule has 0 aromatic rings. The van der Waals surface area contributed by atoms with Gasteiger partial charge in [0.25, 0.3) is 0 Å². The van der Waals surface area contributed by atoms with Crippen LogP contribution in [0, 0.1) is 5.92 Å². The first-order valence-electron chi connectivity index (χ1n) is 6.08. The molecule has 1 amide bonds. The third kappa shape index (κ3) is 7.06. The fourth-order valence-corrected chi connectivity index (χ4v) is 1.40. The van der Waals surface area contributed by atoms with Crippen molar-refractivity contribution in [1.29, 1.82) is 0 Å². The monoisotopic (exact) mass is 257 g/mol. The van der Waals surface area contributed by atoms with Gasteiger partial charge in [-0.2, -0.15) is 0 Å². The molecule has 0 heterocycles. The molecule has 0 aliphatic carbocycles. The summed E-state index contributed by atoms with van der Waals surface area (Å²) in [5.74, 6) is -1.55. The first kappa shape index (κ1) is 16.6. The first-order chi connectivity index (χ1) is 8.23. The molecule has 104 valence electrons. The molecule has 0 bridgehead atoms. The molecule has 0 aromatic heterocycles. The van der Waals surface area contributed by atoms with Gasteiger partial charge in [-0.1, -0.05) is 25.5 Å². The van der Waals surface area contributed by atoms with Gasteiger partial charge in [0.15, 0.2) is 0 Å². The molecule has 0 fully saturated rings. The molecule has 18 heavy (non-hydrogen) atoms. The number of carbonyl (C=O) groups excluding carboxylic acids is 1. The van der Waals surface area contributed by atoms with Crippen LogP contribution in [0.2, 0.25) is 0 Å². The first-order valence-corrected chi connectivity index (χ1v) is 6.08. The Morgan fingerprint density at radius 3 is 2.22 bits per heavy atom. The molecular formula is C13H23NO4. The van der Waals surface area contributed by atoms with Crippen LogP contribution in [0.25, 0.3) is 0 Å². The number of carbonyl (C=O) groups is 2. The summed E-state index contributed by atoms with van der Waals surface area (Å²) in [7, 11) is 0. The lowest BCUT2D eigenvalue weighted by Crippen LogP contribution is -2.45. The number of allylic oxidation sites excluding steroid dienone is 1. The summed E-state index contributed by atoms with van der Waals surface area (Å²) in [6.07, 6.45) is 1.13. The molecule has 5 nitrogen and oxygen atoms in total. The van der Waals surface area contributed by atoms with Gasteiger partial charge in [-0.15, -0.1) is 0 Å². The van der Waals surface area contributed by atoms with E-state index in [9.17, 15) is 14.7 Å². The fourth-order valence-electron chi connectivity index (χ4n) is 1.40. The standard InChI is InChI=1S/C13H23NO4/c1-8(2)5-6-10(13(17)18)14-12(16)11(15)7-9(3)4/h5,9-11,15H,6-7H2,1-4H3,(H,14,16)(H,17,18)/t10-,11-/m1/s1. The Kier molecular flexibility index (Phi) is 7.27. The third-order valence-electron chi connectivity index (χ3n) is 2.37. The van der Waals surface area contributed by atoms with Crippen LogP contribution in [0.15, 0.2) is 11.6 Å². The molecule has 0 aromatic carbocycles. The van der Waals surface area contributed by atoms with Crippen molar-refractivity contribution in [3.63, 3.8) is 0 Å². The van der Waals surface area contributed by atoms with Crippen molar-refractivity contribution in [2.24, 2.45) is 5.92 Å². The Labute approximate surface area is 108 Å². The topological polar surface area (TPSA) is 86.6 Å². The highest BCUT2D eigenvalue weighted by atomic mass is 16.4. The van der Waals surface area contributed by atoms with Crippen molar-refractivity contribution in [2.45, 2.75) is 52.7 Å². The minimum atomic E-state index is -1.15. The van der Waals surface area contributed by atoms with Gasteiger partial charge in [-0.05, 0) is 32.6 Å². The van der Waals surface area contributed by atoms with Crippen LogP contribution in [0.5, 0.6) is 0 Å². The zero-order valence-electron chi connectivity index (χ0n) is 11.4. The van der Waals surface area contributed by atoms with Crippen molar-refractivity contribution in [2.75, 3.05) is 0 Å². The zero-order valence-corrected chi connectivity index (χ0v) is 11.4. The summed E-state index contributed by atoms with van der Waals surface area (Å²) < 4.78 is 0. The van der Waals surface area contributed by atoms with E-state index in [0.717, 1.165) is 5.57 Å². The third-order valence-corrected chi connectivity index (χ3v) is 2.37. The van der Waals surface area contributed by atoms with Crippen LogP contribution in [-0.2, 0) is 9.59 Å². The number of aliphatic carboxylic acids is 1. The lowest BCUT2D eigenvalue weighted by atomic mass is 10.0. The normalized spacial score (nSPS) is 13.9. The summed E-state index contributed by atoms with van der Waals surface area (Å²) >= 11 is 0. The molecule has 0 saturated heterocycles. The van der Waals surface area contributed by atoms with Crippen molar-refractivity contribution < 1.29 is 19.8 Å². The second-order valence-electron chi connectivity index (χ2n) is 5.06. The minimum absolute atomic E-state index is 0.173. The van der Waals surface area contributed by atoms with Gasteiger partial charge < -0.3 is 15.5 Å². The van der Waals surface area contributed by atoms with Crippen LogP contribution in [0.3, 0.4) is 0 Å². The van der Waals surface area contributed by atoms with Crippen molar-refractivity contribution in [1.82, 2.24) is 5.32 Å². The predicted octanol–water partition coefficient (Wildman–Crippen LogP) is 1.32. The van der Waals surface area contributed by atoms with Crippen molar-refractivity contribution >= 4 is 11.9 Å². The number of carboxylic acid groups (broad SMARTS) is 1. The number of nitrogens with one attached hydrogen (secondary N) is 1. The highest BCUT2D eigenvalue weighted by Gasteiger charge is 2.23. The van der Waals surface area contributed by atoms with E-state index in [4.69, 9.17) is 5.11 Å². The molecule has 0 rings (SSSR count). The molecule has 3 N–H and O–H groups in total. The Morgan fingerprint density at radius 1 is 1.28 bits per heavy atom. The molecule has 0 radical (unpaired) electrons. The number of aliphatic hydroxyl groups excluding tert-OH is 1. The van der Waals surface area contributed by atoms with Crippen LogP contribution in [0.4, 0.5) is 0 Å². The van der Waals surface area contributed by atoms with Gasteiger partial charge >= 0.3 is 5.97 Å². The summed E-state index contributed by atoms with van der Waals surface area (Å²) in [4.78, 5) is 22.6. The average molecular weight is 257 g/mol. The van der Waals surface area contributed by atoms with Gasteiger partial charge in [-0.3, -0.25) is 4.79 Å². The van der Waals surface area contributed by atoms with Gasteiger partial charge in [0.1, 0.15) is 12.1 Å². The summed E-state index contributed by atoms with van der Waals surface area (Å²) in [5, 5.41) is 20.9. The quantitative estimate of drug-likeness (QED) is 0.600. The number of hydrogen-bond donors (Lipinski definition) is 3. The van der Waals surface area contributed by atoms with Crippen LogP contribution in [-0.4, -0.2) is 34.2 Å². The number of aliphatic hydroxyl groups is 1. The highest BCUT2D eigenvalue weighted by Crippen LogP contribution is 2.06. The second-order valence-corrected chi connectivity index (χ2v) is 5.06. The van der Waals surface area contributed by atoms with Gasteiger partial charge in [-0.25, -0.2) is 4.79 Å². The molecule has 0 unspecified atom stereocenters. The minimum Gasteiger partial charge on any atom is -0.480 e. The number of hydrogen-bond acceptors (Lipinski definition) is 3. The maximum Gasteiger partial charge on any atom is 0.326 e. The van der Waals surface area contributed by atoms with Crippen LogP contribution in [0.1, 0.15) is 40.5 Å². The largest absolute Gasteiger partial charge is 0.480 e. The number of amides is 1. The lowest BCUT2D eigenvalue weighted by Gasteiger charge is -2.17. The molecule has 2 atom stereocenters. The summed E-state index contributed by atoms with van der Waals surface area (Å²) in [5.41, 5.74) is 0.984. The zero-order chi connectivity index (χ0) is 14.3. The highest BCUT2D eigenvalue weighted by molar-refractivity contribution is 5.86. The van der Waals surface area contributed by atoms with E-state index in [2.05, 4.69) is 5.32 Å². The smallest absolute Gasteiger partial charge is 0.326 e. The van der Waals surface area contributed by atoms with E-state index in [0.29, 0.717) is 6.42 Å². The van der Waals surface area contributed by atoms with Crippen molar-refractivity contribution in [3.8, 4) is 0 Å². The van der Waals surface area contributed by atoms with E-state index in [1.807, 2.05) is 27.7 Å². The van der Waals surface area contributed by atoms with E-state index in [1.165, 1.54) is 0 Å². The molecule has 5 heteroatoms. The second kappa shape index (κ2) is 7.87. The van der Waals surface area contributed by atoms with Crippen molar-refractivity contribution in [3.05, 3.63) is 11.6 Å². The molecule has 0 spiro atoms. The maximum absolute atomic E-state index is 11.6. The van der Waals surface area contributed by atoms with Gasteiger partial charge in [0.05, 0.1) is 0 Å². The Hall–Kier alpha value is -1.36.